The van der Waals surface area contributed by atoms with Crippen molar-refractivity contribution >= 4 is 28.1 Å². The average Bonchev–Trinajstić information content (AvgIpc) is 2.88. The molecule has 0 bridgehead atoms. The molecule has 0 radical (unpaired) electrons. The maximum Gasteiger partial charge on any atom is 0.328 e. The molecule has 1 aliphatic heterocycles. The van der Waals surface area contributed by atoms with Crippen molar-refractivity contribution in [1.82, 2.24) is 9.13 Å². The number of aryl methyl sites for hydroxylation is 3. The van der Waals surface area contributed by atoms with E-state index in [9.17, 15) is 4.79 Å². The first-order valence-corrected chi connectivity index (χ1v) is 9.72. The number of hydrogen-bond donors (Lipinski definition) is 1. The van der Waals surface area contributed by atoms with Crippen molar-refractivity contribution in [3.05, 3.63) is 52.4 Å². The summed E-state index contributed by atoms with van der Waals surface area (Å²) >= 11 is 0. The van der Waals surface area contributed by atoms with E-state index in [-0.39, 0.29) is 5.69 Å². The largest absolute Gasteiger partial charge is 0.372 e. The van der Waals surface area contributed by atoms with Gasteiger partial charge in [-0.25, -0.2) is 4.79 Å². The summed E-state index contributed by atoms with van der Waals surface area (Å²) < 4.78 is 3.37. The standard InChI is InChI=1S/C22H28N4O/c1-15-9-11-26(12-10-15)18-6-7-19(16(2)13-18)23-17-5-8-20-21(14-17)25(4)22(27)24(20)3/h5-8,13-15,23H,9-12H2,1-4H3. The maximum atomic E-state index is 12.1. The van der Waals surface area contributed by atoms with Gasteiger partial charge in [0.2, 0.25) is 0 Å². The highest BCUT2D eigenvalue weighted by Crippen LogP contribution is 2.29. The topological polar surface area (TPSA) is 42.2 Å². The van der Waals surface area contributed by atoms with E-state index in [0.717, 1.165) is 41.4 Å². The van der Waals surface area contributed by atoms with Crippen LogP contribution in [0.5, 0.6) is 0 Å². The highest BCUT2D eigenvalue weighted by Gasteiger charge is 2.16. The Morgan fingerprint density at radius 2 is 1.67 bits per heavy atom. The lowest BCUT2D eigenvalue weighted by molar-refractivity contribution is 0.438. The summed E-state index contributed by atoms with van der Waals surface area (Å²) in [6.45, 7) is 6.78. The molecule has 1 N–H and O–H groups in total. The van der Waals surface area contributed by atoms with Crippen molar-refractivity contribution in [1.29, 1.82) is 0 Å². The minimum atomic E-state index is -0.00136. The molecule has 1 fully saturated rings. The van der Waals surface area contributed by atoms with Gasteiger partial charge in [0.1, 0.15) is 0 Å². The lowest BCUT2D eigenvalue weighted by atomic mass is 9.98. The third-order valence-corrected chi connectivity index (χ3v) is 5.91. The Kier molecular flexibility index (Phi) is 4.46. The van der Waals surface area contributed by atoms with Gasteiger partial charge in [0.25, 0.3) is 0 Å². The number of piperidine rings is 1. The molecule has 1 aromatic heterocycles. The Morgan fingerprint density at radius 1 is 0.963 bits per heavy atom. The van der Waals surface area contributed by atoms with Crippen molar-refractivity contribution in [2.24, 2.45) is 20.0 Å². The smallest absolute Gasteiger partial charge is 0.328 e. The molecule has 2 aromatic carbocycles. The van der Waals surface area contributed by atoms with Crippen LogP contribution in [0.1, 0.15) is 25.3 Å². The zero-order valence-corrected chi connectivity index (χ0v) is 16.6. The highest BCUT2D eigenvalue weighted by molar-refractivity contribution is 5.82. The fraction of sp³-hybridized carbons (Fsp3) is 0.409. The van der Waals surface area contributed by atoms with Gasteiger partial charge in [0.15, 0.2) is 0 Å². The molecule has 5 heteroatoms. The van der Waals surface area contributed by atoms with Gasteiger partial charge in [-0.15, -0.1) is 0 Å². The summed E-state index contributed by atoms with van der Waals surface area (Å²) in [4.78, 5) is 14.6. The van der Waals surface area contributed by atoms with Crippen LogP contribution in [-0.2, 0) is 14.1 Å². The van der Waals surface area contributed by atoms with Crippen LogP contribution in [0.3, 0.4) is 0 Å². The summed E-state index contributed by atoms with van der Waals surface area (Å²) in [5, 5.41) is 3.51. The van der Waals surface area contributed by atoms with Crippen molar-refractivity contribution in [3.63, 3.8) is 0 Å². The van der Waals surface area contributed by atoms with Crippen molar-refractivity contribution in [2.45, 2.75) is 26.7 Å². The van der Waals surface area contributed by atoms with E-state index < -0.39 is 0 Å². The molecule has 1 aliphatic rings. The lowest BCUT2D eigenvalue weighted by Gasteiger charge is -2.32. The van der Waals surface area contributed by atoms with Crippen LogP contribution in [0.2, 0.25) is 0 Å². The van der Waals surface area contributed by atoms with Gasteiger partial charge in [-0.1, -0.05) is 6.92 Å². The number of nitrogens with one attached hydrogen (secondary N) is 1. The summed E-state index contributed by atoms with van der Waals surface area (Å²) in [5.74, 6) is 0.840. The normalized spacial score (nSPS) is 15.5. The van der Waals surface area contributed by atoms with Crippen molar-refractivity contribution in [2.75, 3.05) is 23.3 Å². The predicted octanol–water partition coefficient (Wildman–Crippen LogP) is 4.17. The van der Waals surface area contributed by atoms with Gasteiger partial charge >= 0.3 is 5.69 Å². The van der Waals surface area contributed by atoms with Crippen LogP contribution in [0.15, 0.2) is 41.2 Å². The summed E-state index contributed by atoms with van der Waals surface area (Å²) in [6.07, 6.45) is 2.55. The first-order chi connectivity index (χ1) is 12.9. The Bertz CT molecular complexity index is 1040. The molecule has 0 saturated carbocycles. The predicted molar refractivity (Wildman–Crippen MR) is 113 cm³/mol. The monoisotopic (exact) mass is 364 g/mol. The van der Waals surface area contributed by atoms with Gasteiger partial charge in [0.05, 0.1) is 11.0 Å². The van der Waals surface area contributed by atoms with Crippen LogP contribution >= 0.6 is 0 Å². The highest BCUT2D eigenvalue weighted by atomic mass is 16.1. The van der Waals surface area contributed by atoms with E-state index >= 15 is 0 Å². The number of nitrogens with zero attached hydrogens (tertiary/aromatic N) is 3. The molecular formula is C22H28N4O. The SMILES string of the molecule is Cc1cc(N2CCC(C)CC2)ccc1Nc1ccc2c(c1)n(C)c(=O)n2C. The average molecular weight is 364 g/mol. The fourth-order valence-corrected chi connectivity index (χ4v) is 3.99. The Balaban J connectivity index is 1.58. The molecule has 0 unspecified atom stereocenters. The molecule has 5 nitrogen and oxygen atoms in total. The third kappa shape index (κ3) is 3.22. The van der Waals surface area contributed by atoms with E-state index in [1.165, 1.54) is 24.1 Å². The summed E-state index contributed by atoms with van der Waals surface area (Å²) in [5.41, 5.74) is 6.51. The van der Waals surface area contributed by atoms with Crippen molar-refractivity contribution in [3.8, 4) is 0 Å². The third-order valence-electron chi connectivity index (χ3n) is 5.91. The van der Waals surface area contributed by atoms with E-state index in [4.69, 9.17) is 0 Å². The first-order valence-electron chi connectivity index (χ1n) is 9.72. The van der Waals surface area contributed by atoms with Crippen LogP contribution in [0.4, 0.5) is 17.1 Å². The van der Waals surface area contributed by atoms with Crippen LogP contribution in [0.25, 0.3) is 11.0 Å². The van der Waals surface area contributed by atoms with E-state index in [2.05, 4.69) is 42.3 Å². The molecule has 0 aliphatic carbocycles. The van der Waals surface area contributed by atoms with E-state index in [1.54, 1.807) is 9.13 Å². The van der Waals surface area contributed by atoms with Crippen LogP contribution in [0, 0.1) is 12.8 Å². The van der Waals surface area contributed by atoms with E-state index in [1.807, 2.05) is 32.3 Å². The Labute approximate surface area is 160 Å². The van der Waals surface area contributed by atoms with Gasteiger partial charge in [-0.2, -0.15) is 0 Å². The molecule has 1 saturated heterocycles. The van der Waals surface area contributed by atoms with E-state index in [0.29, 0.717) is 0 Å². The number of fused-ring (bicyclic) bond motifs is 1. The number of benzene rings is 2. The second-order valence-electron chi connectivity index (χ2n) is 7.90. The van der Waals surface area contributed by atoms with Crippen LogP contribution < -0.4 is 15.9 Å². The summed E-state index contributed by atoms with van der Waals surface area (Å²) in [7, 11) is 3.62. The first kappa shape index (κ1) is 17.7. The Morgan fingerprint density at radius 3 is 2.37 bits per heavy atom. The number of imidazole rings is 1. The zero-order valence-electron chi connectivity index (χ0n) is 16.6. The second kappa shape index (κ2) is 6.80. The second-order valence-corrected chi connectivity index (χ2v) is 7.90. The van der Waals surface area contributed by atoms with Gasteiger partial charge < -0.3 is 10.2 Å². The molecular weight excluding hydrogens is 336 g/mol. The lowest BCUT2D eigenvalue weighted by Crippen LogP contribution is -2.32. The molecule has 3 aromatic rings. The maximum absolute atomic E-state index is 12.1. The van der Waals surface area contributed by atoms with Gasteiger partial charge in [-0.3, -0.25) is 9.13 Å². The molecule has 0 amide bonds. The van der Waals surface area contributed by atoms with Crippen LogP contribution in [-0.4, -0.2) is 22.2 Å². The minimum absolute atomic E-state index is 0.00136. The summed E-state index contributed by atoms with van der Waals surface area (Å²) in [6, 6.07) is 12.7. The molecule has 27 heavy (non-hydrogen) atoms. The molecule has 4 rings (SSSR count). The van der Waals surface area contributed by atoms with Crippen molar-refractivity contribution < 1.29 is 0 Å². The molecule has 2 heterocycles. The molecule has 0 spiro atoms. The fourth-order valence-electron chi connectivity index (χ4n) is 3.99. The molecule has 142 valence electrons. The van der Waals surface area contributed by atoms with Gasteiger partial charge in [0, 0.05) is 44.2 Å². The minimum Gasteiger partial charge on any atom is -0.372 e. The number of anilines is 3. The quantitative estimate of drug-likeness (QED) is 0.759. The Hall–Kier alpha value is -2.69. The van der Waals surface area contributed by atoms with Gasteiger partial charge in [-0.05, 0) is 67.6 Å². The number of hydrogen-bond acceptors (Lipinski definition) is 3. The zero-order chi connectivity index (χ0) is 19.1. The molecule has 0 atom stereocenters. The number of aromatic nitrogens is 2. The number of rotatable bonds is 3.